The number of aromatic amines is 2. The lowest BCUT2D eigenvalue weighted by Crippen LogP contribution is -2.38. The lowest BCUT2D eigenvalue weighted by atomic mass is 9.85. The number of H-pyrrole nitrogens is 2. The maximum absolute atomic E-state index is 12.7. The quantitative estimate of drug-likeness (QED) is 0.648. The molecule has 2 saturated carbocycles. The molecular weight excluding hydrogens is 326 g/mol. The van der Waals surface area contributed by atoms with Gasteiger partial charge in [0.1, 0.15) is 0 Å². The Kier molecular flexibility index (Phi) is 3.93. The Hall–Kier alpha value is -2.45. The molecule has 0 aromatic carbocycles. The minimum Gasteiger partial charge on any atom is -0.390 e. The highest BCUT2D eigenvalue weighted by Crippen LogP contribution is 2.44. The van der Waals surface area contributed by atoms with Crippen molar-refractivity contribution in [3.05, 3.63) is 31.0 Å². The zero-order chi connectivity index (χ0) is 17.6. The van der Waals surface area contributed by atoms with Crippen molar-refractivity contribution in [2.75, 3.05) is 0 Å². The second-order valence-electron chi connectivity index (χ2n) is 7.23. The minimum absolute atomic E-state index is 0.00675. The number of nitrogens with one attached hydrogen (secondary N) is 2. The van der Waals surface area contributed by atoms with E-state index in [1.807, 2.05) is 0 Å². The lowest BCUT2D eigenvalue weighted by molar-refractivity contribution is -0.393. The van der Waals surface area contributed by atoms with E-state index in [0.717, 1.165) is 51.4 Å². The molecule has 2 aromatic rings. The summed E-state index contributed by atoms with van der Waals surface area (Å²) in [5, 5.41) is 11.1. The maximum atomic E-state index is 12.7. The van der Waals surface area contributed by atoms with Crippen molar-refractivity contribution in [3.63, 3.8) is 0 Å². The minimum atomic E-state index is -0.672. The third-order valence-electron chi connectivity index (χ3n) is 5.80. The van der Waals surface area contributed by atoms with Gasteiger partial charge in [-0.05, 0) is 47.4 Å². The summed E-state index contributed by atoms with van der Waals surface area (Å²) in [6.45, 7) is 0. The number of hydrogen-bond acceptors (Lipinski definition) is 5. The summed E-state index contributed by atoms with van der Waals surface area (Å²) in [5.74, 6) is 0.202. The number of rotatable bonds is 4. The van der Waals surface area contributed by atoms with E-state index in [2.05, 4.69) is 15.0 Å². The monoisotopic (exact) mass is 347 g/mol. The molecule has 0 atom stereocenters. The molecule has 0 spiro atoms. The Morgan fingerprint density at radius 2 is 1.60 bits per heavy atom. The fourth-order valence-electron chi connectivity index (χ4n) is 4.77. The number of nitrogens with zero attached hydrogens (tertiary/aromatic N) is 3. The van der Waals surface area contributed by atoms with Crippen LogP contribution in [0.15, 0.2) is 9.59 Å². The van der Waals surface area contributed by atoms with Crippen LogP contribution in [0, 0.1) is 22.0 Å². The molecule has 0 unspecified atom stereocenters. The maximum Gasteiger partial charge on any atom is 0.435 e. The van der Waals surface area contributed by atoms with Crippen LogP contribution in [0.5, 0.6) is 0 Å². The number of nitro groups is 1. The number of imidazole rings is 1. The van der Waals surface area contributed by atoms with E-state index in [4.69, 9.17) is 0 Å². The van der Waals surface area contributed by atoms with Gasteiger partial charge in [-0.1, -0.05) is 25.7 Å². The second-order valence-corrected chi connectivity index (χ2v) is 7.23. The molecule has 134 valence electrons. The summed E-state index contributed by atoms with van der Waals surface area (Å²) >= 11 is 0. The van der Waals surface area contributed by atoms with Crippen LogP contribution in [0.25, 0.3) is 11.2 Å². The van der Waals surface area contributed by atoms with Crippen LogP contribution >= 0.6 is 0 Å². The fraction of sp³-hybridized carbons (Fsp3) is 0.688. The van der Waals surface area contributed by atoms with Crippen LogP contribution in [-0.4, -0.2) is 24.4 Å². The highest BCUT2D eigenvalue weighted by Gasteiger charge is 2.37. The van der Waals surface area contributed by atoms with Gasteiger partial charge in [0, 0.05) is 6.04 Å². The van der Waals surface area contributed by atoms with Crippen LogP contribution in [0.3, 0.4) is 0 Å². The van der Waals surface area contributed by atoms with Crippen molar-refractivity contribution in [3.8, 4) is 0 Å². The van der Waals surface area contributed by atoms with Gasteiger partial charge in [-0.3, -0.25) is 14.3 Å². The normalized spacial score (nSPS) is 19.4. The van der Waals surface area contributed by atoms with Crippen molar-refractivity contribution < 1.29 is 4.92 Å². The molecular formula is C16H21N5O4. The van der Waals surface area contributed by atoms with E-state index < -0.39 is 22.1 Å². The van der Waals surface area contributed by atoms with Crippen LogP contribution in [-0.2, 0) is 0 Å². The average molecular weight is 347 g/mol. The van der Waals surface area contributed by atoms with Gasteiger partial charge in [0.25, 0.3) is 11.2 Å². The molecule has 25 heavy (non-hydrogen) atoms. The summed E-state index contributed by atoms with van der Waals surface area (Å²) in [6, 6.07) is -0.0558. The van der Waals surface area contributed by atoms with Crippen LogP contribution < -0.4 is 11.2 Å². The van der Waals surface area contributed by atoms with Gasteiger partial charge in [0.15, 0.2) is 0 Å². The molecule has 0 aliphatic heterocycles. The highest BCUT2D eigenvalue weighted by molar-refractivity contribution is 5.71. The first-order chi connectivity index (χ1) is 12.1. The van der Waals surface area contributed by atoms with E-state index >= 15 is 0 Å². The van der Waals surface area contributed by atoms with Gasteiger partial charge in [-0.15, -0.1) is 0 Å². The summed E-state index contributed by atoms with van der Waals surface area (Å²) < 4.78 is 1.53. The Bertz CT molecular complexity index is 899. The number of hydrogen-bond donors (Lipinski definition) is 2. The summed E-state index contributed by atoms with van der Waals surface area (Å²) in [5.41, 5.74) is -1.05. The number of fused-ring (bicyclic) bond motifs is 1. The molecule has 9 nitrogen and oxygen atoms in total. The van der Waals surface area contributed by atoms with Gasteiger partial charge in [-0.2, -0.15) is 0 Å². The summed E-state index contributed by atoms with van der Waals surface area (Å²) in [6.07, 6.45) is 8.71. The smallest absolute Gasteiger partial charge is 0.390 e. The summed E-state index contributed by atoms with van der Waals surface area (Å²) in [7, 11) is 0. The fourth-order valence-corrected chi connectivity index (χ4v) is 4.77. The van der Waals surface area contributed by atoms with Gasteiger partial charge in [-0.25, -0.2) is 9.78 Å². The third-order valence-corrected chi connectivity index (χ3v) is 5.80. The van der Waals surface area contributed by atoms with E-state index in [9.17, 15) is 19.7 Å². The van der Waals surface area contributed by atoms with Gasteiger partial charge >= 0.3 is 11.6 Å². The van der Waals surface area contributed by atoms with Crippen LogP contribution in [0.4, 0.5) is 5.95 Å². The summed E-state index contributed by atoms with van der Waals surface area (Å²) in [4.78, 5) is 43.9. The van der Waals surface area contributed by atoms with Crippen molar-refractivity contribution in [2.24, 2.45) is 11.8 Å². The Morgan fingerprint density at radius 3 is 2.12 bits per heavy atom. The molecule has 2 heterocycles. The van der Waals surface area contributed by atoms with Gasteiger partial charge in [0.2, 0.25) is 5.52 Å². The first kappa shape index (κ1) is 16.0. The molecule has 2 aromatic heterocycles. The van der Waals surface area contributed by atoms with Gasteiger partial charge in [0.05, 0.1) is 0 Å². The molecule has 0 saturated heterocycles. The van der Waals surface area contributed by atoms with E-state index in [-0.39, 0.29) is 17.2 Å². The van der Waals surface area contributed by atoms with E-state index in [0.29, 0.717) is 11.8 Å². The van der Waals surface area contributed by atoms with Crippen molar-refractivity contribution in [1.82, 2.24) is 19.5 Å². The zero-order valence-corrected chi connectivity index (χ0v) is 13.9. The molecule has 2 fully saturated rings. The largest absolute Gasteiger partial charge is 0.435 e. The highest BCUT2D eigenvalue weighted by atomic mass is 16.6. The first-order valence-corrected chi connectivity index (χ1v) is 8.95. The second kappa shape index (κ2) is 6.12. The zero-order valence-electron chi connectivity index (χ0n) is 13.9. The standard InChI is InChI=1S/C16H21N5O4/c22-14-11-13(18-15(17-11)21(24)25)20(16(23)19-14)12(9-5-1-2-6-9)10-7-3-4-8-10/h9-10,12H,1-8H2,(H,17,18)(H,19,22,23). The average Bonchev–Trinajstić information content (AvgIpc) is 3.30. The molecule has 0 radical (unpaired) electrons. The Labute approximate surface area is 142 Å². The Morgan fingerprint density at radius 1 is 1.04 bits per heavy atom. The van der Waals surface area contributed by atoms with E-state index in [1.165, 1.54) is 4.57 Å². The van der Waals surface area contributed by atoms with E-state index in [1.54, 1.807) is 0 Å². The lowest BCUT2D eigenvalue weighted by Gasteiger charge is -2.30. The molecule has 2 N–H and O–H groups in total. The predicted molar refractivity (Wildman–Crippen MR) is 90.6 cm³/mol. The van der Waals surface area contributed by atoms with Crippen molar-refractivity contribution in [2.45, 2.75) is 57.4 Å². The van der Waals surface area contributed by atoms with Crippen molar-refractivity contribution >= 4 is 17.1 Å². The van der Waals surface area contributed by atoms with Crippen LogP contribution in [0.1, 0.15) is 57.4 Å². The van der Waals surface area contributed by atoms with Gasteiger partial charge < -0.3 is 10.1 Å². The SMILES string of the molecule is O=c1[nH]c(=O)n(C(C2CCCC2)C2CCCC2)c2nc([N+](=O)[O-])[nH]c12. The third kappa shape index (κ3) is 2.67. The first-order valence-electron chi connectivity index (χ1n) is 8.95. The molecule has 4 rings (SSSR count). The molecule has 0 bridgehead atoms. The molecule has 9 heteroatoms. The molecule has 0 amide bonds. The van der Waals surface area contributed by atoms with Crippen molar-refractivity contribution in [1.29, 1.82) is 0 Å². The molecule has 2 aliphatic carbocycles. The number of aromatic nitrogens is 4. The van der Waals surface area contributed by atoms with Crippen LogP contribution in [0.2, 0.25) is 0 Å². The Balaban J connectivity index is 1.94. The topological polar surface area (TPSA) is 127 Å². The molecule has 2 aliphatic rings. The predicted octanol–water partition coefficient (Wildman–Crippen LogP) is 2.24.